The third-order valence-corrected chi connectivity index (χ3v) is 6.56. The van der Waals surface area contributed by atoms with E-state index in [0.717, 1.165) is 66.5 Å². The van der Waals surface area contributed by atoms with E-state index in [1.165, 1.54) is 5.56 Å². The van der Waals surface area contributed by atoms with Gasteiger partial charge in [0.25, 0.3) is 0 Å². The van der Waals surface area contributed by atoms with Crippen LogP contribution < -0.4 is 0 Å². The summed E-state index contributed by atoms with van der Waals surface area (Å²) in [5, 5.41) is 2.14. The van der Waals surface area contributed by atoms with Crippen molar-refractivity contribution in [1.82, 2.24) is 9.80 Å². The Morgan fingerprint density at radius 2 is 1.30 bits per heavy atom. The summed E-state index contributed by atoms with van der Waals surface area (Å²) in [6.07, 6.45) is 1.81. The van der Waals surface area contributed by atoms with Crippen molar-refractivity contribution in [2.75, 3.05) is 65.7 Å². The van der Waals surface area contributed by atoms with E-state index in [-0.39, 0.29) is 11.6 Å². The Morgan fingerprint density at radius 1 is 0.733 bits per heavy atom. The van der Waals surface area contributed by atoms with Crippen LogP contribution in [0.2, 0.25) is 0 Å². The molecule has 6 heteroatoms. The molecule has 158 valence electrons. The van der Waals surface area contributed by atoms with Gasteiger partial charge in [0, 0.05) is 37.3 Å². The molecule has 2 fully saturated rings. The predicted octanol–water partition coefficient (Wildman–Crippen LogP) is 1.97. The van der Waals surface area contributed by atoms with Crippen LogP contribution in [-0.4, -0.2) is 87.1 Å². The highest BCUT2D eigenvalue weighted by Gasteiger charge is 2.26. The van der Waals surface area contributed by atoms with E-state index < -0.39 is 0 Å². The van der Waals surface area contributed by atoms with E-state index in [4.69, 9.17) is 9.47 Å². The van der Waals surface area contributed by atoms with E-state index in [2.05, 4.69) is 15.9 Å². The van der Waals surface area contributed by atoms with Gasteiger partial charge in [0.05, 0.1) is 39.5 Å². The van der Waals surface area contributed by atoms with Crippen molar-refractivity contribution in [3.05, 3.63) is 46.5 Å². The molecule has 0 saturated carbocycles. The Bertz CT molecular complexity index is 975. The van der Waals surface area contributed by atoms with Crippen LogP contribution in [-0.2, 0) is 22.3 Å². The fraction of sp³-hybridized carbons (Fsp3) is 0.500. The van der Waals surface area contributed by atoms with Crippen LogP contribution in [0.15, 0.2) is 24.3 Å². The average molecular weight is 408 g/mol. The molecule has 2 saturated heterocycles. The highest BCUT2D eigenvalue weighted by molar-refractivity contribution is 6.13. The highest BCUT2D eigenvalue weighted by Crippen LogP contribution is 2.35. The van der Waals surface area contributed by atoms with Crippen LogP contribution in [0.4, 0.5) is 0 Å². The minimum atomic E-state index is 0.147. The van der Waals surface area contributed by atoms with Gasteiger partial charge >= 0.3 is 0 Å². The van der Waals surface area contributed by atoms with E-state index in [1.807, 2.05) is 18.2 Å². The average Bonchev–Trinajstić information content (AvgIpc) is 3.21. The summed E-state index contributed by atoms with van der Waals surface area (Å²) in [7, 11) is 0. The fourth-order valence-corrected chi connectivity index (χ4v) is 4.92. The largest absolute Gasteiger partial charge is 0.379 e. The second-order valence-electron chi connectivity index (χ2n) is 8.41. The van der Waals surface area contributed by atoms with Crippen molar-refractivity contribution >= 4 is 22.3 Å². The van der Waals surface area contributed by atoms with Gasteiger partial charge in [-0.1, -0.05) is 24.3 Å². The first-order valence-corrected chi connectivity index (χ1v) is 10.9. The number of ether oxygens (including phenoxy) is 2. The van der Waals surface area contributed by atoms with Gasteiger partial charge in [0.15, 0.2) is 11.6 Å². The third kappa shape index (κ3) is 3.81. The molecule has 6 nitrogen and oxygen atoms in total. The van der Waals surface area contributed by atoms with Crippen molar-refractivity contribution in [3.63, 3.8) is 0 Å². The minimum Gasteiger partial charge on any atom is -0.379 e. The van der Waals surface area contributed by atoms with Gasteiger partial charge < -0.3 is 9.47 Å². The smallest absolute Gasteiger partial charge is 0.177 e. The number of carbonyl (C=O) groups is 2. The SMILES string of the molecule is O=C(CN1CCOCC1)c1ccc2c(C(=O)CN3CCOCC3)ccc3c2c1CC3. The summed E-state index contributed by atoms with van der Waals surface area (Å²) in [6, 6.07) is 8.00. The Kier molecular flexibility index (Phi) is 5.65. The number of Topliss-reactive ketones (excluding diaryl/α,β-unsaturated/α-hetero) is 2. The van der Waals surface area contributed by atoms with Crippen molar-refractivity contribution in [1.29, 1.82) is 0 Å². The molecule has 0 spiro atoms. The lowest BCUT2D eigenvalue weighted by Crippen LogP contribution is -2.39. The van der Waals surface area contributed by atoms with E-state index in [9.17, 15) is 9.59 Å². The molecule has 2 aromatic rings. The van der Waals surface area contributed by atoms with Crippen LogP contribution in [0.3, 0.4) is 0 Å². The van der Waals surface area contributed by atoms with Gasteiger partial charge in [0.1, 0.15) is 0 Å². The fourth-order valence-electron chi connectivity index (χ4n) is 4.92. The van der Waals surface area contributed by atoms with Crippen LogP contribution in [0.1, 0.15) is 31.8 Å². The third-order valence-electron chi connectivity index (χ3n) is 6.56. The second-order valence-corrected chi connectivity index (χ2v) is 8.41. The number of benzene rings is 2. The van der Waals surface area contributed by atoms with Gasteiger partial charge in [-0.25, -0.2) is 0 Å². The minimum absolute atomic E-state index is 0.147. The van der Waals surface area contributed by atoms with Crippen LogP contribution in [0, 0.1) is 0 Å². The first-order valence-electron chi connectivity index (χ1n) is 10.9. The molecule has 0 N–H and O–H groups in total. The Morgan fingerprint density at radius 3 is 1.93 bits per heavy atom. The quantitative estimate of drug-likeness (QED) is 0.681. The normalized spacial score (nSPS) is 20.0. The Hall–Kier alpha value is -2.12. The number of hydrogen-bond donors (Lipinski definition) is 0. The maximum Gasteiger partial charge on any atom is 0.177 e. The molecule has 5 rings (SSSR count). The summed E-state index contributed by atoms with van der Waals surface area (Å²) >= 11 is 0. The molecule has 0 bridgehead atoms. The number of nitrogens with zero attached hydrogens (tertiary/aromatic N) is 2. The monoisotopic (exact) mass is 408 g/mol. The second kappa shape index (κ2) is 8.55. The molecule has 2 aromatic carbocycles. The molecule has 2 aliphatic heterocycles. The van der Waals surface area contributed by atoms with Crippen molar-refractivity contribution in [3.8, 4) is 0 Å². The van der Waals surface area contributed by atoms with Crippen molar-refractivity contribution in [2.24, 2.45) is 0 Å². The molecule has 30 heavy (non-hydrogen) atoms. The van der Waals surface area contributed by atoms with Crippen molar-refractivity contribution < 1.29 is 19.1 Å². The van der Waals surface area contributed by atoms with E-state index >= 15 is 0 Å². The number of rotatable bonds is 6. The zero-order valence-electron chi connectivity index (χ0n) is 17.3. The number of carbonyl (C=O) groups excluding carboxylic acids is 2. The maximum absolute atomic E-state index is 13.1. The van der Waals surface area contributed by atoms with Gasteiger partial charge in [0.2, 0.25) is 0 Å². The molecule has 3 aliphatic rings. The molecule has 1 aliphatic carbocycles. The van der Waals surface area contributed by atoms with Crippen LogP contribution in [0.25, 0.3) is 10.8 Å². The van der Waals surface area contributed by atoms with Crippen LogP contribution >= 0.6 is 0 Å². The van der Waals surface area contributed by atoms with Gasteiger partial charge in [-0.3, -0.25) is 19.4 Å². The molecular formula is C24H28N2O4. The molecular weight excluding hydrogens is 380 g/mol. The summed E-state index contributed by atoms with van der Waals surface area (Å²) in [5.74, 6) is 0.320. The molecule has 0 radical (unpaired) electrons. The topological polar surface area (TPSA) is 59.1 Å². The maximum atomic E-state index is 13.1. The van der Waals surface area contributed by atoms with Gasteiger partial charge in [-0.05, 0) is 34.7 Å². The lowest BCUT2D eigenvalue weighted by Gasteiger charge is -2.26. The predicted molar refractivity (Wildman–Crippen MR) is 115 cm³/mol. The summed E-state index contributed by atoms with van der Waals surface area (Å²) in [4.78, 5) is 30.5. The lowest BCUT2D eigenvalue weighted by atomic mass is 9.93. The number of aryl methyl sites for hydroxylation is 2. The molecule has 2 heterocycles. The first-order chi connectivity index (χ1) is 14.7. The number of ketones is 2. The first kappa shape index (κ1) is 19.8. The summed E-state index contributed by atoms with van der Waals surface area (Å²) < 4.78 is 10.8. The van der Waals surface area contributed by atoms with Gasteiger partial charge in [-0.15, -0.1) is 0 Å². The zero-order valence-corrected chi connectivity index (χ0v) is 17.3. The highest BCUT2D eigenvalue weighted by atomic mass is 16.5. The van der Waals surface area contributed by atoms with E-state index in [1.54, 1.807) is 0 Å². The molecule has 0 amide bonds. The summed E-state index contributed by atoms with van der Waals surface area (Å²) in [5.41, 5.74) is 3.98. The van der Waals surface area contributed by atoms with E-state index in [0.29, 0.717) is 39.5 Å². The van der Waals surface area contributed by atoms with Crippen LogP contribution in [0.5, 0.6) is 0 Å². The van der Waals surface area contributed by atoms with Crippen molar-refractivity contribution in [2.45, 2.75) is 12.8 Å². The standard InChI is InChI=1S/C24H28N2O4/c27-22(15-25-7-11-29-12-8-25)18-3-1-17-2-4-20-19(5-6-21(18)24(17)20)23(28)16-26-9-13-30-14-10-26/h1,3,5-6H,2,4,7-16H2. The Labute approximate surface area is 176 Å². The number of hydrogen-bond acceptors (Lipinski definition) is 6. The van der Waals surface area contributed by atoms with Gasteiger partial charge in [-0.2, -0.15) is 0 Å². The summed E-state index contributed by atoms with van der Waals surface area (Å²) in [6.45, 7) is 6.82. The molecule has 0 unspecified atom stereocenters. The Balaban J connectivity index is 1.43. The lowest BCUT2D eigenvalue weighted by molar-refractivity contribution is 0.0368. The molecule has 0 atom stereocenters. The molecule has 0 aromatic heterocycles. The zero-order chi connectivity index (χ0) is 20.5. The number of morpholine rings is 2.